The first-order valence-electron chi connectivity index (χ1n) is 6.26. The van der Waals surface area contributed by atoms with Crippen LogP contribution in [-0.2, 0) is 4.79 Å². The number of rotatable bonds is 5. The highest BCUT2D eigenvalue weighted by molar-refractivity contribution is 6.48. The molecular weight excluding hydrogens is 226 g/mol. The number of carbonyl (C=O) groups excluding carboxylic acids is 1. The third kappa shape index (κ3) is 2.90. The Hall–Kier alpha value is -1.81. The summed E-state index contributed by atoms with van der Waals surface area (Å²) in [4.78, 5) is 20.5. The maximum atomic E-state index is 12.2. The summed E-state index contributed by atoms with van der Waals surface area (Å²) in [5, 5.41) is 3.23. The van der Waals surface area contributed by atoms with E-state index in [1.54, 1.807) is 24.5 Å². The van der Waals surface area contributed by atoms with Gasteiger partial charge in [0.15, 0.2) is 0 Å². The molecule has 0 radical (unpaired) electrons. The second kappa shape index (κ2) is 6.21. The van der Waals surface area contributed by atoms with E-state index in [1.807, 2.05) is 12.1 Å². The number of ketones is 1. The van der Waals surface area contributed by atoms with Crippen LogP contribution in [0.1, 0.15) is 25.5 Å². The van der Waals surface area contributed by atoms with Crippen molar-refractivity contribution in [1.82, 2.24) is 10.3 Å². The second-order valence-electron chi connectivity index (χ2n) is 4.18. The van der Waals surface area contributed by atoms with Gasteiger partial charge in [0.05, 0.1) is 11.7 Å². The first-order chi connectivity index (χ1) is 8.83. The number of carbonyl (C=O) groups is 1. The van der Waals surface area contributed by atoms with Gasteiger partial charge >= 0.3 is 0 Å². The van der Waals surface area contributed by atoms with Crippen molar-refractivity contribution in [2.75, 3.05) is 6.54 Å². The summed E-state index contributed by atoms with van der Waals surface area (Å²) >= 11 is 0. The fourth-order valence-electron chi connectivity index (χ4n) is 1.79. The summed E-state index contributed by atoms with van der Waals surface area (Å²) in [7, 11) is 0. The molecule has 0 spiro atoms. The number of hydrogen-bond donors (Lipinski definition) is 1. The zero-order chi connectivity index (χ0) is 12.8. The van der Waals surface area contributed by atoms with Crippen molar-refractivity contribution >= 4 is 11.5 Å². The third-order valence-electron chi connectivity index (χ3n) is 2.80. The lowest BCUT2D eigenvalue weighted by molar-refractivity contribution is -0.113. The summed E-state index contributed by atoms with van der Waals surface area (Å²) < 4.78 is 0. The van der Waals surface area contributed by atoms with Crippen LogP contribution >= 0.6 is 0 Å². The molecule has 1 atom stereocenters. The van der Waals surface area contributed by atoms with Gasteiger partial charge in [-0.3, -0.25) is 14.8 Å². The first kappa shape index (κ1) is 12.6. The Morgan fingerprint density at radius 3 is 3.00 bits per heavy atom. The number of Topliss-reactive ketones (excluding diaryl/α,β-unsaturated/α-hetero) is 1. The molecule has 2 heterocycles. The molecule has 0 fully saturated rings. The number of unbranched alkanes of at least 4 members (excludes halogenated alkanes) is 1. The molecule has 0 saturated heterocycles. The van der Waals surface area contributed by atoms with Gasteiger partial charge in [0.1, 0.15) is 5.71 Å². The Kier molecular flexibility index (Phi) is 4.36. The van der Waals surface area contributed by atoms with Crippen LogP contribution in [0.4, 0.5) is 0 Å². The van der Waals surface area contributed by atoms with Crippen LogP contribution < -0.4 is 5.32 Å². The van der Waals surface area contributed by atoms with E-state index < -0.39 is 0 Å². The van der Waals surface area contributed by atoms with Crippen molar-refractivity contribution in [2.45, 2.75) is 25.8 Å². The largest absolute Gasteiger partial charge is 0.304 e. The van der Waals surface area contributed by atoms with Crippen molar-refractivity contribution in [3.63, 3.8) is 0 Å². The number of nitrogens with one attached hydrogen (secondary N) is 1. The molecule has 0 bridgehead atoms. The first-order valence-corrected chi connectivity index (χ1v) is 6.26. The van der Waals surface area contributed by atoms with E-state index in [2.05, 4.69) is 22.2 Å². The van der Waals surface area contributed by atoms with Crippen LogP contribution in [0, 0.1) is 0 Å². The Labute approximate surface area is 107 Å². The fourth-order valence-corrected chi connectivity index (χ4v) is 1.79. The lowest BCUT2D eigenvalue weighted by atomic mass is 10.0. The van der Waals surface area contributed by atoms with Gasteiger partial charge in [-0.1, -0.05) is 19.4 Å². The van der Waals surface area contributed by atoms with Gasteiger partial charge < -0.3 is 5.32 Å². The Morgan fingerprint density at radius 2 is 2.28 bits per heavy atom. The molecule has 0 amide bonds. The molecular formula is C14H17N3O. The summed E-state index contributed by atoms with van der Waals surface area (Å²) in [6.07, 6.45) is 7.31. The average molecular weight is 243 g/mol. The SMILES string of the molecule is CCCCNC1C=CN=C(c2ccccn2)C1=O. The van der Waals surface area contributed by atoms with E-state index in [-0.39, 0.29) is 11.8 Å². The molecule has 2 rings (SSSR count). The highest BCUT2D eigenvalue weighted by atomic mass is 16.1. The molecule has 0 aromatic carbocycles. The topological polar surface area (TPSA) is 54.4 Å². The molecule has 4 nitrogen and oxygen atoms in total. The minimum atomic E-state index is -0.272. The van der Waals surface area contributed by atoms with E-state index in [9.17, 15) is 4.79 Å². The maximum absolute atomic E-state index is 12.2. The van der Waals surface area contributed by atoms with Crippen molar-refractivity contribution < 1.29 is 4.79 Å². The standard InChI is InChI=1S/C14H17N3O/c1-2-3-8-16-12-7-10-17-13(14(12)18)11-6-4-5-9-15-11/h4-7,9-10,12,16H,2-3,8H2,1H3. The van der Waals surface area contributed by atoms with E-state index in [1.165, 1.54) is 0 Å². The van der Waals surface area contributed by atoms with Crippen LogP contribution in [-0.4, -0.2) is 29.1 Å². The molecule has 1 aliphatic heterocycles. The van der Waals surface area contributed by atoms with E-state index in [4.69, 9.17) is 0 Å². The monoisotopic (exact) mass is 243 g/mol. The van der Waals surface area contributed by atoms with Gasteiger partial charge in [-0.05, 0) is 31.2 Å². The van der Waals surface area contributed by atoms with Crippen molar-refractivity contribution in [3.8, 4) is 0 Å². The number of hydrogen-bond acceptors (Lipinski definition) is 4. The average Bonchev–Trinajstić information content (AvgIpc) is 2.42. The Bertz CT molecular complexity index is 465. The van der Waals surface area contributed by atoms with E-state index in [0.717, 1.165) is 19.4 Å². The quantitative estimate of drug-likeness (QED) is 0.801. The van der Waals surface area contributed by atoms with Crippen LogP contribution in [0.15, 0.2) is 41.7 Å². The number of nitrogens with zero attached hydrogens (tertiary/aromatic N) is 2. The smallest absolute Gasteiger partial charge is 0.204 e. The number of aliphatic imine (C=N–C) groups is 1. The van der Waals surface area contributed by atoms with Gasteiger partial charge in [0, 0.05) is 12.4 Å². The fraction of sp³-hybridized carbons (Fsp3) is 0.357. The lowest BCUT2D eigenvalue weighted by Gasteiger charge is -2.17. The second-order valence-corrected chi connectivity index (χ2v) is 4.18. The van der Waals surface area contributed by atoms with Crippen LogP contribution in [0.5, 0.6) is 0 Å². The van der Waals surface area contributed by atoms with Crippen LogP contribution in [0.2, 0.25) is 0 Å². The summed E-state index contributed by atoms with van der Waals surface area (Å²) in [6.45, 7) is 2.97. The van der Waals surface area contributed by atoms with Gasteiger partial charge in [0.2, 0.25) is 5.78 Å². The zero-order valence-corrected chi connectivity index (χ0v) is 10.5. The molecule has 1 aromatic rings. The molecule has 1 aliphatic rings. The molecule has 0 saturated carbocycles. The summed E-state index contributed by atoms with van der Waals surface area (Å²) in [5.74, 6) is -0.00713. The van der Waals surface area contributed by atoms with Gasteiger partial charge in [-0.2, -0.15) is 0 Å². The highest BCUT2D eigenvalue weighted by Crippen LogP contribution is 2.07. The van der Waals surface area contributed by atoms with Crippen molar-refractivity contribution in [3.05, 3.63) is 42.4 Å². The zero-order valence-electron chi connectivity index (χ0n) is 10.5. The Morgan fingerprint density at radius 1 is 1.39 bits per heavy atom. The third-order valence-corrected chi connectivity index (χ3v) is 2.80. The van der Waals surface area contributed by atoms with Gasteiger partial charge in [-0.15, -0.1) is 0 Å². The van der Waals surface area contributed by atoms with Crippen molar-refractivity contribution in [1.29, 1.82) is 0 Å². The number of aromatic nitrogens is 1. The van der Waals surface area contributed by atoms with E-state index in [0.29, 0.717) is 11.4 Å². The summed E-state index contributed by atoms with van der Waals surface area (Å²) in [6, 6.07) is 5.21. The number of pyridine rings is 1. The minimum absolute atomic E-state index is 0.00713. The van der Waals surface area contributed by atoms with Crippen LogP contribution in [0.3, 0.4) is 0 Å². The lowest BCUT2D eigenvalue weighted by Crippen LogP contribution is -2.41. The summed E-state index contributed by atoms with van der Waals surface area (Å²) in [5.41, 5.74) is 1.07. The predicted molar refractivity (Wildman–Crippen MR) is 71.6 cm³/mol. The Balaban J connectivity index is 2.08. The van der Waals surface area contributed by atoms with Gasteiger partial charge in [0.25, 0.3) is 0 Å². The molecule has 1 unspecified atom stereocenters. The molecule has 1 aromatic heterocycles. The minimum Gasteiger partial charge on any atom is -0.304 e. The van der Waals surface area contributed by atoms with Gasteiger partial charge in [-0.25, -0.2) is 0 Å². The molecule has 94 valence electrons. The molecule has 1 N–H and O–H groups in total. The predicted octanol–water partition coefficient (Wildman–Crippen LogP) is 1.73. The maximum Gasteiger partial charge on any atom is 0.204 e. The van der Waals surface area contributed by atoms with E-state index >= 15 is 0 Å². The molecule has 0 aliphatic carbocycles. The highest BCUT2D eigenvalue weighted by Gasteiger charge is 2.24. The normalized spacial score (nSPS) is 18.8. The molecule has 4 heteroatoms. The van der Waals surface area contributed by atoms with Crippen LogP contribution in [0.25, 0.3) is 0 Å². The molecule has 18 heavy (non-hydrogen) atoms. The van der Waals surface area contributed by atoms with Crippen molar-refractivity contribution in [2.24, 2.45) is 4.99 Å².